The molecule has 0 saturated heterocycles. The number of hydrogen-bond acceptors (Lipinski definition) is 7. The lowest BCUT2D eigenvalue weighted by Crippen LogP contribution is -2.17. The topological polar surface area (TPSA) is 110 Å². The molecular formula is C17H14Cl2FN7OS. The molecule has 0 radical (unpaired) electrons. The van der Waals surface area contributed by atoms with E-state index in [1.807, 2.05) is 0 Å². The van der Waals surface area contributed by atoms with E-state index in [0.29, 0.717) is 26.5 Å². The van der Waals surface area contributed by atoms with Gasteiger partial charge in [0, 0.05) is 5.02 Å². The van der Waals surface area contributed by atoms with Crippen LogP contribution >= 0.6 is 35.0 Å². The van der Waals surface area contributed by atoms with Crippen molar-refractivity contribution in [3.05, 3.63) is 63.9 Å². The van der Waals surface area contributed by atoms with Crippen LogP contribution in [0, 0.1) is 5.82 Å². The Bertz CT molecular complexity index is 1040. The number of anilines is 2. The maximum absolute atomic E-state index is 12.9. The highest BCUT2D eigenvalue weighted by Crippen LogP contribution is 2.26. The van der Waals surface area contributed by atoms with Crippen molar-refractivity contribution < 1.29 is 9.18 Å². The van der Waals surface area contributed by atoms with Gasteiger partial charge in [0.25, 0.3) is 5.95 Å². The summed E-state index contributed by atoms with van der Waals surface area (Å²) in [6.07, 6.45) is 1.48. The zero-order chi connectivity index (χ0) is 20.8. The van der Waals surface area contributed by atoms with E-state index >= 15 is 0 Å². The number of halogens is 3. The minimum atomic E-state index is -0.333. The summed E-state index contributed by atoms with van der Waals surface area (Å²) < 4.78 is 14.0. The third kappa shape index (κ3) is 5.83. The normalized spacial score (nSPS) is 11.0. The maximum atomic E-state index is 12.9. The van der Waals surface area contributed by atoms with Crippen LogP contribution in [0.1, 0.15) is 5.56 Å². The first-order valence-electron chi connectivity index (χ1n) is 8.05. The molecule has 150 valence electrons. The van der Waals surface area contributed by atoms with Crippen molar-refractivity contribution in [2.45, 2.75) is 5.16 Å². The number of thioether (sulfide) groups is 1. The Morgan fingerprint density at radius 1 is 1.24 bits per heavy atom. The lowest BCUT2D eigenvalue weighted by atomic mass is 10.2. The molecule has 12 heteroatoms. The van der Waals surface area contributed by atoms with Gasteiger partial charge in [-0.2, -0.15) is 5.10 Å². The average Bonchev–Trinajstić information content (AvgIpc) is 3.04. The number of hydrazone groups is 1. The minimum Gasteiger partial charge on any atom is -0.334 e. The van der Waals surface area contributed by atoms with Gasteiger partial charge < -0.3 is 11.2 Å². The van der Waals surface area contributed by atoms with E-state index in [-0.39, 0.29) is 23.4 Å². The minimum absolute atomic E-state index is 0.0248. The Balaban J connectivity index is 1.54. The van der Waals surface area contributed by atoms with Crippen molar-refractivity contribution in [2.75, 3.05) is 22.3 Å². The second kappa shape index (κ2) is 9.59. The molecule has 4 N–H and O–H groups in total. The zero-order valence-electron chi connectivity index (χ0n) is 14.6. The number of benzene rings is 2. The number of hydrogen-bond donors (Lipinski definition) is 3. The van der Waals surface area contributed by atoms with Crippen molar-refractivity contribution in [2.24, 2.45) is 5.10 Å². The lowest BCUT2D eigenvalue weighted by Gasteiger charge is -2.07. The van der Waals surface area contributed by atoms with Crippen molar-refractivity contribution in [1.82, 2.24) is 14.9 Å². The molecular weight excluding hydrogens is 440 g/mol. The summed E-state index contributed by atoms with van der Waals surface area (Å²) in [6, 6.07) is 10.6. The van der Waals surface area contributed by atoms with Crippen molar-refractivity contribution in [1.29, 1.82) is 0 Å². The van der Waals surface area contributed by atoms with Crippen LogP contribution in [0.15, 0.2) is 52.7 Å². The highest BCUT2D eigenvalue weighted by molar-refractivity contribution is 7.99. The molecule has 0 bridgehead atoms. The number of rotatable bonds is 7. The van der Waals surface area contributed by atoms with Crippen LogP contribution in [0.5, 0.6) is 0 Å². The summed E-state index contributed by atoms with van der Waals surface area (Å²) >= 11 is 13.0. The number of nitrogens with zero attached hydrogens (tertiary/aromatic N) is 4. The Morgan fingerprint density at radius 3 is 2.76 bits per heavy atom. The van der Waals surface area contributed by atoms with Crippen LogP contribution in [0.3, 0.4) is 0 Å². The lowest BCUT2D eigenvalue weighted by molar-refractivity contribution is -0.113. The third-order valence-electron chi connectivity index (χ3n) is 3.45. The predicted molar refractivity (Wildman–Crippen MR) is 114 cm³/mol. The molecule has 29 heavy (non-hydrogen) atoms. The number of nitrogen functional groups attached to an aromatic ring is 1. The molecule has 0 aliphatic heterocycles. The van der Waals surface area contributed by atoms with Gasteiger partial charge in [-0.25, -0.2) is 14.5 Å². The third-order valence-corrected chi connectivity index (χ3v) is 4.96. The zero-order valence-corrected chi connectivity index (χ0v) is 17.0. The molecule has 0 aliphatic rings. The largest absolute Gasteiger partial charge is 0.334 e. The number of nitrogens with one attached hydrogen (secondary N) is 2. The highest BCUT2D eigenvalue weighted by Gasteiger charge is 2.13. The fourth-order valence-electron chi connectivity index (χ4n) is 2.07. The molecule has 0 spiro atoms. The van der Waals surface area contributed by atoms with Gasteiger partial charge >= 0.3 is 0 Å². The van der Waals surface area contributed by atoms with Gasteiger partial charge in [0.05, 0.1) is 22.7 Å². The van der Waals surface area contributed by atoms with Crippen LogP contribution in [0.2, 0.25) is 10.0 Å². The van der Waals surface area contributed by atoms with E-state index in [4.69, 9.17) is 29.0 Å². The number of amides is 1. The van der Waals surface area contributed by atoms with Crippen LogP contribution in [0.25, 0.3) is 0 Å². The van der Waals surface area contributed by atoms with Crippen LogP contribution < -0.4 is 16.6 Å². The molecule has 3 aromatic rings. The Labute approximate surface area is 179 Å². The SMILES string of the molecule is Nn1c(N/N=C/c2ccc(F)cc2)nnc1SCC(=O)Nc1cc(Cl)ccc1Cl. The number of nitrogens with two attached hydrogens (primary N) is 1. The molecule has 1 amide bonds. The predicted octanol–water partition coefficient (Wildman–Crippen LogP) is 3.61. The van der Waals surface area contributed by atoms with E-state index in [1.54, 1.807) is 30.3 Å². The molecule has 8 nitrogen and oxygen atoms in total. The van der Waals surface area contributed by atoms with E-state index in [9.17, 15) is 9.18 Å². The molecule has 0 aliphatic carbocycles. The molecule has 0 fully saturated rings. The molecule has 1 heterocycles. The first-order chi connectivity index (χ1) is 13.9. The summed E-state index contributed by atoms with van der Waals surface area (Å²) in [6.45, 7) is 0. The van der Waals surface area contributed by atoms with Crippen molar-refractivity contribution >= 4 is 58.7 Å². The van der Waals surface area contributed by atoms with Crippen molar-refractivity contribution in [3.8, 4) is 0 Å². The number of carbonyl (C=O) groups is 1. The molecule has 1 aromatic heterocycles. The summed E-state index contributed by atoms with van der Waals surface area (Å²) in [5.41, 5.74) is 3.73. The Morgan fingerprint density at radius 2 is 2.00 bits per heavy atom. The van der Waals surface area contributed by atoms with Crippen LogP contribution in [-0.2, 0) is 4.79 Å². The van der Waals surface area contributed by atoms with E-state index in [2.05, 4.69) is 26.0 Å². The number of aromatic nitrogens is 3. The fraction of sp³-hybridized carbons (Fsp3) is 0.0588. The second-order valence-electron chi connectivity index (χ2n) is 5.56. The van der Waals surface area contributed by atoms with E-state index in [0.717, 1.165) is 16.4 Å². The van der Waals surface area contributed by atoms with Crippen LogP contribution in [0.4, 0.5) is 16.0 Å². The summed E-state index contributed by atoms with van der Waals surface area (Å²) in [4.78, 5) is 12.1. The van der Waals surface area contributed by atoms with Gasteiger partial charge in [0.1, 0.15) is 5.82 Å². The number of carbonyl (C=O) groups excluding carboxylic acids is 1. The summed E-state index contributed by atoms with van der Waals surface area (Å²) in [7, 11) is 0. The van der Waals surface area contributed by atoms with E-state index < -0.39 is 0 Å². The highest BCUT2D eigenvalue weighted by atomic mass is 35.5. The fourth-order valence-corrected chi connectivity index (χ4v) is 3.07. The molecule has 0 saturated carbocycles. The monoisotopic (exact) mass is 453 g/mol. The second-order valence-corrected chi connectivity index (χ2v) is 7.34. The molecule has 0 atom stereocenters. The molecule has 0 unspecified atom stereocenters. The molecule has 2 aromatic carbocycles. The van der Waals surface area contributed by atoms with Gasteiger partial charge in [0.2, 0.25) is 11.1 Å². The van der Waals surface area contributed by atoms with Crippen molar-refractivity contribution in [3.63, 3.8) is 0 Å². The standard InChI is InChI=1S/C17H14Cl2FN7OS/c18-11-3-6-13(19)14(7-11)23-15(28)9-29-17-26-25-16(27(17)21)24-22-8-10-1-4-12(20)5-2-10/h1-8H,9,21H2,(H,23,28)(H,24,25)/b22-8+. The average molecular weight is 454 g/mol. The summed E-state index contributed by atoms with van der Waals surface area (Å²) in [5, 5.41) is 15.5. The van der Waals surface area contributed by atoms with Gasteiger partial charge in [-0.3, -0.25) is 4.79 Å². The maximum Gasteiger partial charge on any atom is 0.264 e. The van der Waals surface area contributed by atoms with Crippen LogP contribution in [-0.4, -0.2) is 32.7 Å². The quantitative estimate of drug-likeness (QED) is 0.218. The first-order valence-corrected chi connectivity index (χ1v) is 9.79. The Hall–Kier alpha value is -2.82. The van der Waals surface area contributed by atoms with E-state index in [1.165, 1.54) is 18.3 Å². The Kier molecular flexibility index (Phi) is 6.91. The van der Waals surface area contributed by atoms with Gasteiger partial charge in [0.15, 0.2) is 0 Å². The first kappa shape index (κ1) is 20.9. The summed E-state index contributed by atoms with van der Waals surface area (Å²) in [5.74, 6) is 5.45. The molecule has 3 rings (SSSR count). The van der Waals surface area contributed by atoms with Gasteiger partial charge in [-0.1, -0.05) is 47.1 Å². The van der Waals surface area contributed by atoms with Gasteiger partial charge in [-0.05, 0) is 35.9 Å². The smallest absolute Gasteiger partial charge is 0.264 e. The van der Waals surface area contributed by atoms with Gasteiger partial charge in [-0.15, -0.1) is 10.2 Å².